The predicted molar refractivity (Wildman–Crippen MR) is 151 cm³/mol. The van der Waals surface area contributed by atoms with Crippen LogP contribution in [-0.2, 0) is 37.0 Å². The largest absolute Gasteiger partial charge is 0.464 e. The van der Waals surface area contributed by atoms with Gasteiger partial charge in [0, 0.05) is 13.0 Å². The molecular formula is C27H43N7O8. The van der Waals surface area contributed by atoms with Crippen molar-refractivity contribution < 1.29 is 38.8 Å². The minimum absolute atomic E-state index is 0.0749. The molecule has 1 saturated carbocycles. The zero-order valence-electron chi connectivity index (χ0n) is 24.7. The second kappa shape index (κ2) is 15.1. The maximum Gasteiger partial charge on any atom is 0.407 e. The Morgan fingerprint density at radius 1 is 1.17 bits per heavy atom. The van der Waals surface area contributed by atoms with Crippen LogP contribution in [0.5, 0.6) is 0 Å². The van der Waals surface area contributed by atoms with E-state index < -0.39 is 36.4 Å². The number of likely N-dealkylation sites (N-methyl/N-ethyl adjacent to an activating group) is 1. The summed E-state index contributed by atoms with van der Waals surface area (Å²) in [7, 11) is 0. The van der Waals surface area contributed by atoms with E-state index in [1.807, 2.05) is 0 Å². The van der Waals surface area contributed by atoms with E-state index in [1.54, 1.807) is 32.3 Å². The number of aromatic nitrogens is 4. The molecule has 2 aromatic rings. The molecule has 2 amide bonds. The Morgan fingerprint density at radius 3 is 2.52 bits per heavy atom. The number of esters is 1. The van der Waals surface area contributed by atoms with Gasteiger partial charge in [-0.25, -0.2) is 19.7 Å². The molecule has 42 heavy (non-hydrogen) atoms. The third-order valence-corrected chi connectivity index (χ3v) is 6.74. The van der Waals surface area contributed by atoms with Crippen LogP contribution < -0.4 is 16.4 Å². The highest BCUT2D eigenvalue weighted by atomic mass is 16.6. The van der Waals surface area contributed by atoms with E-state index in [2.05, 4.69) is 25.6 Å². The van der Waals surface area contributed by atoms with Gasteiger partial charge in [0.05, 0.1) is 25.4 Å². The van der Waals surface area contributed by atoms with Crippen LogP contribution in [0.1, 0.15) is 59.2 Å². The summed E-state index contributed by atoms with van der Waals surface area (Å²) in [5.74, 6) is -0.0489. The fourth-order valence-corrected chi connectivity index (χ4v) is 4.69. The lowest BCUT2D eigenvalue weighted by atomic mass is 9.80. The van der Waals surface area contributed by atoms with E-state index in [4.69, 9.17) is 19.9 Å². The van der Waals surface area contributed by atoms with Crippen LogP contribution in [0.25, 0.3) is 11.2 Å². The molecule has 6 N–H and O–H groups in total. The topological polar surface area (TPSA) is 213 Å². The summed E-state index contributed by atoms with van der Waals surface area (Å²) < 4.78 is 17.7. The molecule has 2 atom stereocenters. The Labute approximate surface area is 244 Å². The molecule has 1 fully saturated rings. The fourth-order valence-electron chi connectivity index (χ4n) is 4.69. The van der Waals surface area contributed by atoms with Crippen molar-refractivity contribution >= 4 is 35.0 Å². The standard InChI is InChI=1S/C27H43N7O8/c1-5-29-24(37)21(18(36)13-35)41-15-34-14-31-20-22(28)32-19(33-23(20)34)12-16-6-8-17(9-7-16)25(38)40-11-10-30-26(39)42-27(2,3)4/h14,16-18,21,35-36H,5-13,15H2,1-4H3,(H,29,37)(H,30,39)(H2,28,32,33)/t16?,17?,18?,21-/m0/s1. The molecular weight excluding hydrogens is 550 g/mol. The van der Waals surface area contributed by atoms with Crippen LogP contribution in [0.3, 0.4) is 0 Å². The Morgan fingerprint density at radius 2 is 1.88 bits per heavy atom. The first-order valence-corrected chi connectivity index (χ1v) is 14.2. The summed E-state index contributed by atoms with van der Waals surface area (Å²) in [4.78, 5) is 49.8. The molecule has 2 heterocycles. The summed E-state index contributed by atoms with van der Waals surface area (Å²) >= 11 is 0. The molecule has 2 aromatic heterocycles. The van der Waals surface area contributed by atoms with Crippen LogP contribution in [0.15, 0.2) is 6.33 Å². The Kier molecular flexibility index (Phi) is 11.8. The smallest absolute Gasteiger partial charge is 0.407 e. The van der Waals surface area contributed by atoms with Crippen molar-refractivity contribution in [3.05, 3.63) is 12.2 Å². The highest BCUT2D eigenvalue weighted by Gasteiger charge is 2.29. The van der Waals surface area contributed by atoms with Gasteiger partial charge in [-0.15, -0.1) is 0 Å². The lowest BCUT2D eigenvalue weighted by Gasteiger charge is -2.27. The number of carbonyl (C=O) groups is 3. The summed E-state index contributed by atoms with van der Waals surface area (Å²) in [5, 5.41) is 24.5. The first kappa shape index (κ1) is 32.9. The maximum atomic E-state index is 12.5. The van der Waals surface area contributed by atoms with Crippen LogP contribution in [0, 0.1) is 11.8 Å². The number of nitrogens with one attached hydrogen (secondary N) is 2. The van der Waals surface area contributed by atoms with Gasteiger partial charge in [0.1, 0.15) is 36.4 Å². The number of ether oxygens (including phenoxy) is 3. The van der Waals surface area contributed by atoms with Crippen LogP contribution in [0.4, 0.5) is 10.6 Å². The van der Waals surface area contributed by atoms with E-state index in [9.17, 15) is 24.6 Å². The zero-order chi connectivity index (χ0) is 30.9. The zero-order valence-corrected chi connectivity index (χ0v) is 24.7. The van der Waals surface area contributed by atoms with Gasteiger partial charge in [-0.3, -0.25) is 14.2 Å². The Bertz CT molecular complexity index is 1210. The quantitative estimate of drug-likeness (QED) is 0.160. The number of rotatable bonds is 13. The van der Waals surface area contributed by atoms with E-state index in [-0.39, 0.29) is 43.5 Å². The number of nitrogens with zero attached hydrogens (tertiary/aromatic N) is 4. The maximum absolute atomic E-state index is 12.5. The minimum Gasteiger partial charge on any atom is -0.464 e. The van der Waals surface area contributed by atoms with Crippen LogP contribution in [-0.4, -0.2) is 91.8 Å². The van der Waals surface area contributed by atoms with Gasteiger partial charge >= 0.3 is 12.1 Å². The average Bonchev–Trinajstić information content (AvgIpc) is 3.34. The number of aliphatic hydroxyl groups excluding tert-OH is 2. The lowest BCUT2D eigenvalue weighted by Crippen LogP contribution is -2.45. The van der Waals surface area contributed by atoms with Gasteiger partial charge in [0.25, 0.3) is 5.91 Å². The molecule has 0 spiro atoms. The van der Waals surface area contributed by atoms with Gasteiger partial charge in [-0.1, -0.05) is 0 Å². The van der Waals surface area contributed by atoms with Crippen LogP contribution in [0.2, 0.25) is 0 Å². The van der Waals surface area contributed by atoms with Gasteiger partial charge in [0.2, 0.25) is 0 Å². The second-order valence-electron chi connectivity index (χ2n) is 11.3. The van der Waals surface area contributed by atoms with Crippen molar-refractivity contribution in [1.82, 2.24) is 30.2 Å². The third-order valence-electron chi connectivity index (χ3n) is 6.74. The number of aliphatic hydroxyl groups is 2. The van der Waals surface area contributed by atoms with Gasteiger partial charge in [-0.05, 0) is 59.3 Å². The number of fused-ring (bicyclic) bond motifs is 1. The number of nitrogen functional groups attached to an aromatic ring is 1. The van der Waals surface area contributed by atoms with E-state index in [0.717, 1.165) is 12.8 Å². The van der Waals surface area contributed by atoms with E-state index in [1.165, 1.54) is 6.33 Å². The second-order valence-corrected chi connectivity index (χ2v) is 11.3. The molecule has 1 unspecified atom stereocenters. The predicted octanol–water partition coefficient (Wildman–Crippen LogP) is 0.657. The minimum atomic E-state index is -1.40. The molecule has 0 radical (unpaired) electrons. The molecule has 15 heteroatoms. The molecule has 0 aliphatic heterocycles. The molecule has 0 bridgehead atoms. The van der Waals surface area contributed by atoms with Crippen molar-refractivity contribution in [2.75, 3.05) is 32.0 Å². The van der Waals surface area contributed by atoms with Gasteiger partial charge in [0.15, 0.2) is 17.6 Å². The fraction of sp³-hybridized carbons (Fsp3) is 0.704. The lowest BCUT2D eigenvalue weighted by molar-refractivity contribution is -0.150. The molecule has 1 aliphatic rings. The van der Waals surface area contributed by atoms with Crippen molar-refractivity contribution in [2.24, 2.45) is 11.8 Å². The van der Waals surface area contributed by atoms with E-state index in [0.29, 0.717) is 42.8 Å². The molecule has 3 rings (SSSR count). The van der Waals surface area contributed by atoms with Gasteiger partial charge < -0.3 is 40.8 Å². The molecule has 234 valence electrons. The Hall–Kier alpha value is -3.56. The summed E-state index contributed by atoms with van der Waals surface area (Å²) in [6.07, 6.45) is 1.68. The van der Waals surface area contributed by atoms with Gasteiger partial charge in [-0.2, -0.15) is 0 Å². The van der Waals surface area contributed by atoms with Crippen molar-refractivity contribution in [3.8, 4) is 0 Å². The number of hydrogen-bond donors (Lipinski definition) is 5. The Balaban J connectivity index is 1.52. The number of anilines is 1. The van der Waals surface area contributed by atoms with Crippen molar-refractivity contribution in [1.29, 1.82) is 0 Å². The SMILES string of the molecule is CCNC(=O)[C@@H](OCn1cnc2c(N)nc(CC3CCC(C(=O)OCCNC(=O)OC(C)(C)C)CC3)nc21)C(O)CO. The summed E-state index contributed by atoms with van der Waals surface area (Å²) in [6.45, 7) is 6.83. The number of nitrogens with two attached hydrogens (primary N) is 1. The number of hydrogen-bond acceptors (Lipinski definition) is 12. The summed E-state index contributed by atoms with van der Waals surface area (Å²) in [6, 6.07) is 0. The monoisotopic (exact) mass is 593 g/mol. The first-order chi connectivity index (χ1) is 19.9. The number of amides is 2. The number of carbonyl (C=O) groups excluding carboxylic acids is 3. The van der Waals surface area contributed by atoms with Crippen LogP contribution >= 0.6 is 0 Å². The van der Waals surface area contributed by atoms with E-state index >= 15 is 0 Å². The molecule has 15 nitrogen and oxygen atoms in total. The highest BCUT2D eigenvalue weighted by molar-refractivity contribution is 5.82. The number of alkyl carbamates (subject to hydrolysis) is 1. The van der Waals surface area contributed by atoms with Crippen molar-refractivity contribution in [3.63, 3.8) is 0 Å². The molecule has 0 saturated heterocycles. The highest BCUT2D eigenvalue weighted by Crippen LogP contribution is 2.32. The third kappa shape index (κ3) is 9.49. The van der Waals surface area contributed by atoms with Crippen molar-refractivity contribution in [2.45, 2.75) is 84.3 Å². The molecule has 1 aliphatic carbocycles. The molecule has 0 aromatic carbocycles. The number of imidazole rings is 1. The average molecular weight is 594 g/mol. The normalized spacial score (nSPS) is 18.7. The summed E-state index contributed by atoms with van der Waals surface area (Å²) in [5.41, 5.74) is 6.36. The first-order valence-electron chi connectivity index (χ1n) is 14.2.